The number of ether oxygens (including phenoxy) is 1. The zero-order valence-electron chi connectivity index (χ0n) is 15.1. The van der Waals surface area contributed by atoms with Crippen LogP contribution in [-0.2, 0) is 0 Å². The van der Waals surface area contributed by atoms with Gasteiger partial charge >= 0.3 is 0 Å². The van der Waals surface area contributed by atoms with Crippen LogP contribution in [0.1, 0.15) is 27.7 Å². The SMILES string of the molecule is COc1ccc([C@H]2Nc3ccccc3C(=O)N2c2ccc(C)cc2)cc1O. The molecule has 1 atom stereocenters. The van der Waals surface area contributed by atoms with Crippen LogP contribution < -0.4 is 15.0 Å². The van der Waals surface area contributed by atoms with Gasteiger partial charge in [-0.25, -0.2) is 0 Å². The number of nitrogens with one attached hydrogen (secondary N) is 1. The summed E-state index contributed by atoms with van der Waals surface area (Å²) in [7, 11) is 1.51. The van der Waals surface area contributed by atoms with Crippen LogP contribution in [0.5, 0.6) is 11.5 Å². The molecule has 1 aliphatic rings. The normalized spacial score (nSPS) is 15.9. The molecule has 1 aliphatic heterocycles. The maximum absolute atomic E-state index is 13.3. The number of para-hydroxylation sites is 1. The minimum atomic E-state index is -0.452. The molecule has 0 radical (unpaired) electrons. The molecule has 2 N–H and O–H groups in total. The average molecular weight is 360 g/mol. The lowest BCUT2D eigenvalue weighted by Crippen LogP contribution is -2.43. The third-order valence-electron chi connectivity index (χ3n) is 4.76. The number of aryl methyl sites for hydroxylation is 1. The van der Waals surface area contributed by atoms with Gasteiger partial charge in [0.05, 0.1) is 12.7 Å². The number of carbonyl (C=O) groups excluding carboxylic acids is 1. The van der Waals surface area contributed by atoms with E-state index in [9.17, 15) is 9.90 Å². The van der Waals surface area contributed by atoms with Gasteiger partial charge < -0.3 is 15.2 Å². The van der Waals surface area contributed by atoms with Crippen molar-refractivity contribution in [3.63, 3.8) is 0 Å². The molecule has 0 aromatic heterocycles. The Morgan fingerprint density at radius 1 is 1.04 bits per heavy atom. The molecule has 0 fully saturated rings. The predicted octanol–water partition coefficient (Wildman–Crippen LogP) is 4.48. The zero-order chi connectivity index (χ0) is 19.0. The number of fused-ring (bicyclic) bond motifs is 1. The molecule has 3 aromatic carbocycles. The minimum Gasteiger partial charge on any atom is -0.504 e. The lowest BCUT2D eigenvalue weighted by Gasteiger charge is -2.38. The van der Waals surface area contributed by atoms with E-state index in [0.29, 0.717) is 11.3 Å². The highest BCUT2D eigenvalue weighted by Crippen LogP contribution is 2.38. The van der Waals surface area contributed by atoms with Crippen molar-refractivity contribution in [1.82, 2.24) is 0 Å². The third kappa shape index (κ3) is 2.97. The molecule has 0 unspecified atom stereocenters. The van der Waals surface area contributed by atoms with Crippen molar-refractivity contribution in [2.24, 2.45) is 0 Å². The van der Waals surface area contributed by atoms with Gasteiger partial charge in [0.2, 0.25) is 0 Å². The molecular weight excluding hydrogens is 340 g/mol. The van der Waals surface area contributed by atoms with Crippen LogP contribution >= 0.6 is 0 Å². The molecular formula is C22H20N2O3. The first-order valence-electron chi connectivity index (χ1n) is 8.71. The van der Waals surface area contributed by atoms with Crippen molar-refractivity contribution < 1.29 is 14.6 Å². The molecule has 0 saturated carbocycles. The Morgan fingerprint density at radius 2 is 1.78 bits per heavy atom. The second-order valence-electron chi connectivity index (χ2n) is 6.53. The van der Waals surface area contributed by atoms with Crippen molar-refractivity contribution in [3.8, 4) is 11.5 Å². The summed E-state index contributed by atoms with van der Waals surface area (Å²) in [6.07, 6.45) is -0.452. The second-order valence-corrected chi connectivity index (χ2v) is 6.53. The quantitative estimate of drug-likeness (QED) is 0.723. The number of benzene rings is 3. The summed E-state index contributed by atoms with van der Waals surface area (Å²) in [5.41, 5.74) is 4.05. The summed E-state index contributed by atoms with van der Waals surface area (Å²) in [5.74, 6) is 0.337. The molecule has 27 heavy (non-hydrogen) atoms. The van der Waals surface area contributed by atoms with Gasteiger partial charge in [-0.3, -0.25) is 9.69 Å². The summed E-state index contributed by atoms with van der Waals surface area (Å²) in [4.78, 5) is 15.0. The van der Waals surface area contributed by atoms with E-state index in [1.54, 1.807) is 17.0 Å². The van der Waals surface area contributed by atoms with E-state index in [4.69, 9.17) is 4.74 Å². The van der Waals surface area contributed by atoms with Crippen molar-refractivity contribution in [2.75, 3.05) is 17.3 Å². The third-order valence-corrected chi connectivity index (χ3v) is 4.76. The van der Waals surface area contributed by atoms with E-state index < -0.39 is 6.17 Å². The van der Waals surface area contributed by atoms with Gasteiger partial charge in [0.15, 0.2) is 11.5 Å². The van der Waals surface area contributed by atoms with E-state index in [1.807, 2.05) is 61.5 Å². The molecule has 0 bridgehead atoms. The number of phenols is 1. The van der Waals surface area contributed by atoms with E-state index in [2.05, 4.69) is 5.32 Å². The fourth-order valence-corrected chi connectivity index (χ4v) is 3.34. The van der Waals surface area contributed by atoms with Crippen LogP contribution in [0.25, 0.3) is 0 Å². The number of hydrogen-bond donors (Lipinski definition) is 2. The van der Waals surface area contributed by atoms with E-state index in [0.717, 1.165) is 22.5 Å². The maximum Gasteiger partial charge on any atom is 0.262 e. The van der Waals surface area contributed by atoms with Gasteiger partial charge in [0, 0.05) is 11.4 Å². The van der Waals surface area contributed by atoms with Gasteiger partial charge in [0.1, 0.15) is 6.17 Å². The Kier molecular flexibility index (Phi) is 4.20. The molecule has 5 nitrogen and oxygen atoms in total. The van der Waals surface area contributed by atoms with Crippen LogP contribution in [0.3, 0.4) is 0 Å². The maximum atomic E-state index is 13.3. The van der Waals surface area contributed by atoms with E-state index in [1.165, 1.54) is 7.11 Å². The van der Waals surface area contributed by atoms with Gasteiger partial charge in [-0.15, -0.1) is 0 Å². The number of phenolic OH excluding ortho intramolecular Hbond substituents is 1. The molecule has 3 aromatic rings. The van der Waals surface area contributed by atoms with Crippen molar-refractivity contribution >= 4 is 17.3 Å². The number of aromatic hydroxyl groups is 1. The monoisotopic (exact) mass is 360 g/mol. The molecule has 1 heterocycles. The van der Waals surface area contributed by atoms with Gasteiger partial charge in [0.25, 0.3) is 5.91 Å². The van der Waals surface area contributed by atoms with Crippen LogP contribution in [0.15, 0.2) is 66.7 Å². The molecule has 136 valence electrons. The predicted molar refractivity (Wildman–Crippen MR) is 105 cm³/mol. The lowest BCUT2D eigenvalue weighted by atomic mass is 10.0. The van der Waals surface area contributed by atoms with Crippen LogP contribution in [-0.4, -0.2) is 18.1 Å². The van der Waals surface area contributed by atoms with Crippen LogP contribution in [0, 0.1) is 6.92 Å². The highest BCUT2D eigenvalue weighted by molar-refractivity contribution is 6.12. The topological polar surface area (TPSA) is 61.8 Å². The van der Waals surface area contributed by atoms with E-state index in [-0.39, 0.29) is 11.7 Å². The number of rotatable bonds is 3. The Morgan fingerprint density at radius 3 is 2.48 bits per heavy atom. The summed E-state index contributed by atoms with van der Waals surface area (Å²) < 4.78 is 5.14. The number of methoxy groups -OCH3 is 1. The summed E-state index contributed by atoms with van der Waals surface area (Å²) >= 11 is 0. The van der Waals surface area contributed by atoms with Crippen molar-refractivity contribution in [1.29, 1.82) is 0 Å². The zero-order valence-corrected chi connectivity index (χ0v) is 15.1. The average Bonchev–Trinajstić information content (AvgIpc) is 2.69. The Balaban J connectivity index is 1.85. The molecule has 1 amide bonds. The molecule has 0 saturated heterocycles. The van der Waals surface area contributed by atoms with Gasteiger partial charge in [-0.2, -0.15) is 0 Å². The second kappa shape index (κ2) is 6.68. The van der Waals surface area contributed by atoms with Crippen molar-refractivity contribution in [2.45, 2.75) is 13.1 Å². The van der Waals surface area contributed by atoms with Gasteiger partial charge in [-0.1, -0.05) is 35.9 Å². The molecule has 5 heteroatoms. The number of hydrogen-bond acceptors (Lipinski definition) is 4. The fraction of sp³-hybridized carbons (Fsp3) is 0.136. The number of nitrogens with zero attached hydrogens (tertiary/aromatic N) is 1. The largest absolute Gasteiger partial charge is 0.504 e. The first kappa shape index (κ1) is 17.0. The highest BCUT2D eigenvalue weighted by Gasteiger charge is 2.34. The Labute approximate surface area is 157 Å². The number of carbonyl (C=O) groups is 1. The van der Waals surface area contributed by atoms with Crippen molar-refractivity contribution in [3.05, 3.63) is 83.4 Å². The van der Waals surface area contributed by atoms with Crippen LogP contribution in [0.2, 0.25) is 0 Å². The summed E-state index contributed by atoms with van der Waals surface area (Å²) in [5, 5.41) is 13.6. The Bertz CT molecular complexity index is 999. The number of anilines is 2. The smallest absolute Gasteiger partial charge is 0.262 e. The minimum absolute atomic E-state index is 0.0342. The Hall–Kier alpha value is -3.47. The summed E-state index contributed by atoms with van der Waals surface area (Å²) in [6, 6.07) is 20.4. The fourth-order valence-electron chi connectivity index (χ4n) is 3.34. The standard InChI is InChI=1S/C22H20N2O3/c1-14-7-10-16(11-8-14)24-21(15-9-12-20(27-2)19(25)13-15)23-18-6-4-3-5-17(18)22(24)26/h3-13,21,23,25H,1-2H3/t21-/m0/s1. The molecule has 0 spiro atoms. The number of amides is 1. The van der Waals surface area contributed by atoms with Crippen LogP contribution in [0.4, 0.5) is 11.4 Å². The lowest BCUT2D eigenvalue weighted by molar-refractivity contribution is 0.0975. The summed E-state index contributed by atoms with van der Waals surface area (Å²) in [6.45, 7) is 2.01. The first-order valence-corrected chi connectivity index (χ1v) is 8.71. The first-order chi connectivity index (χ1) is 13.1. The van der Waals surface area contributed by atoms with Gasteiger partial charge in [-0.05, 0) is 48.9 Å². The highest BCUT2D eigenvalue weighted by atomic mass is 16.5. The molecule has 0 aliphatic carbocycles. The van der Waals surface area contributed by atoms with E-state index >= 15 is 0 Å². The molecule has 4 rings (SSSR count).